The van der Waals surface area contributed by atoms with Crippen LogP contribution < -0.4 is 14.8 Å². The average molecular weight is 367 g/mol. The quantitative estimate of drug-likeness (QED) is 0.766. The summed E-state index contributed by atoms with van der Waals surface area (Å²) in [5.41, 5.74) is 1.15. The summed E-state index contributed by atoms with van der Waals surface area (Å²) in [7, 11) is 0. The maximum Gasteiger partial charge on any atom is 0.271 e. The van der Waals surface area contributed by atoms with Crippen molar-refractivity contribution in [1.29, 1.82) is 0 Å². The van der Waals surface area contributed by atoms with E-state index in [9.17, 15) is 4.79 Å². The van der Waals surface area contributed by atoms with E-state index in [4.69, 9.17) is 9.47 Å². The van der Waals surface area contributed by atoms with Crippen molar-refractivity contribution in [2.45, 2.75) is 25.6 Å². The predicted octanol–water partition coefficient (Wildman–Crippen LogP) is 3.30. The molecule has 2 atom stereocenters. The molecule has 1 amide bonds. The maximum atomic E-state index is 12.6. The molecule has 0 spiro atoms. The number of benzene rings is 2. The van der Waals surface area contributed by atoms with E-state index >= 15 is 0 Å². The van der Waals surface area contributed by atoms with Gasteiger partial charge in [0, 0.05) is 6.42 Å². The highest BCUT2D eigenvalue weighted by atomic mass is 32.1. The monoisotopic (exact) mass is 367 g/mol. The van der Waals surface area contributed by atoms with E-state index in [-0.39, 0.29) is 5.91 Å². The lowest BCUT2D eigenvalue weighted by Crippen LogP contribution is -2.46. The van der Waals surface area contributed by atoms with Crippen molar-refractivity contribution >= 4 is 22.4 Å². The second-order valence-electron chi connectivity index (χ2n) is 5.96. The highest BCUT2D eigenvalue weighted by Crippen LogP contribution is 2.33. The number of hydrogen-bond acceptors (Lipinski definition) is 6. The zero-order valence-corrected chi connectivity index (χ0v) is 14.9. The number of ether oxygens (including phenoxy) is 2. The number of rotatable bonds is 4. The van der Waals surface area contributed by atoms with E-state index in [2.05, 4.69) is 15.5 Å². The summed E-state index contributed by atoms with van der Waals surface area (Å²) in [6, 6.07) is 17.3. The third-order valence-corrected chi connectivity index (χ3v) is 4.83. The van der Waals surface area contributed by atoms with E-state index in [1.165, 1.54) is 11.3 Å². The van der Waals surface area contributed by atoms with Gasteiger partial charge in [0.2, 0.25) is 11.2 Å². The van der Waals surface area contributed by atoms with Gasteiger partial charge in [-0.3, -0.25) is 10.1 Å². The van der Waals surface area contributed by atoms with Gasteiger partial charge in [0.1, 0.15) is 11.1 Å². The Bertz CT molecular complexity index is 913. The van der Waals surface area contributed by atoms with Crippen LogP contribution in [0.25, 0.3) is 0 Å². The van der Waals surface area contributed by atoms with Gasteiger partial charge >= 0.3 is 0 Å². The fourth-order valence-corrected chi connectivity index (χ4v) is 3.51. The van der Waals surface area contributed by atoms with Crippen LogP contribution >= 0.6 is 11.3 Å². The largest absolute Gasteiger partial charge is 0.482 e. The Hall–Kier alpha value is -2.93. The lowest BCUT2D eigenvalue weighted by molar-refractivity contribution is -0.128. The Kier molecular flexibility index (Phi) is 4.53. The van der Waals surface area contributed by atoms with Gasteiger partial charge in [0.05, 0.1) is 0 Å². The number of carbonyl (C=O) groups excluding carboxylic acids is 1. The summed E-state index contributed by atoms with van der Waals surface area (Å²) in [4.78, 5) is 12.6. The molecule has 0 radical (unpaired) electrons. The molecule has 0 unspecified atom stereocenters. The number of carbonyl (C=O) groups is 1. The first-order valence-electron chi connectivity index (χ1n) is 8.28. The van der Waals surface area contributed by atoms with E-state index in [1.54, 1.807) is 13.0 Å². The Labute approximate surface area is 154 Å². The number of hydrogen-bond donors (Lipinski definition) is 1. The number of amides is 1. The zero-order valence-electron chi connectivity index (χ0n) is 14.1. The highest BCUT2D eigenvalue weighted by molar-refractivity contribution is 7.15. The summed E-state index contributed by atoms with van der Waals surface area (Å²) in [6.07, 6.45) is -0.464. The van der Waals surface area contributed by atoms with Crippen molar-refractivity contribution in [3.8, 4) is 11.5 Å². The van der Waals surface area contributed by atoms with Crippen molar-refractivity contribution in [3.63, 3.8) is 0 Å². The summed E-state index contributed by atoms with van der Waals surface area (Å²) in [5.74, 6) is 0.910. The number of para-hydroxylation sites is 2. The molecule has 0 aliphatic carbocycles. The molecular formula is C19H17N3O3S. The number of fused-ring (bicyclic) bond motifs is 1. The van der Waals surface area contributed by atoms with Gasteiger partial charge in [0.15, 0.2) is 11.5 Å². The van der Waals surface area contributed by atoms with Crippen LogP contribution in [0, 0.1) is 0 Å². The average Bonchev–Trinajstić information content (AvgIpc) is 3.08. The van der Waals surface area contributed by atoms with Gasteiger partial charge in [-0.25, -0.2) is 0 Å². The Morgan fingerprint density at radius 2 is 1.73 bits per heavy atom. The van der Waals surface area contributed by atoms with Gasteiger partial charge < -0.3 is 9.47 Å². The van der Waals surface area contributed by atoms with E-state index < -0.39 is 12.2 Å². The molecule has 0 bridgehead atoms. The van der Waals surface area contributed by atoms with Crippen LogP contribution in [0.4, 0.5) is 5.13 Å². The molecule has 0 saturated carbocycles. The van der Waals surface area contributed by atoms with Crippen LogP contribution in [0.3, 0.4) is 0 Å². The molecule has 2 heterocycles. The molecule has 1 aliphatic heterocycles. The minimum absolute atomic E-state index is 0.297. The smallest absolute Gasteiger partial charge is 0.271 e. The van der Waals surface area contributed by atoms with Gasteiger partial charge in [-0.15, -0.1) is 10.2 Å². The Morgan fingerprint density at radius 1 is 1.04 bits per heavy atom. The molecule has 4 rings (SSSR count). The van der Waals surface area contributed by atoms with Crippen molar-refractivity contribution in [2.24, 2.45) is 0 Å². The number of nitrogens with one attached hydrogen (secondary N) is 1. The van der Waals surface area contributed by atoms with Gasteiger partial charge in [-0.1, -0.05) is 53.8 Å². The lowest BCUT2D eigenvalue weighted by atomic mass is 10.1. The van der Waals surface area contributed by atoms with Crippen LogP contribution in [0.15, 0.2) is 54.6 Å². The predicted molar refractivity (Wildman–Crippen MR) is 98.7 cm³/mol. The summed E-state index contributed by atoms with van der Waals surface area (Å²) >= 11 is 1.36. The minimum Gasteiger partial charge on any atom is -0.482 e. The van der Waals surface area contributed by atoms with E-state index in [0.717, 1.165) is 10.6 Å². The van der Waals surface area contributed by atoms with Crippen LogP contribution in [0.5, 0.6) is 11.5 Å². The lowest BCUT2D eigenvalue weighted by Gasteiger charge is -2.30. The second kappa shape index (κ2) is 7.13. The van der Waals surface area contributed by atoms with Gasteiger partial charge in [-0.2, -0.15) is 0 Å². The van der Waals surface area contributed by atoms with Crippen molar-refractivity contribution in [1.82, 2.24) is 10.2 Å². The first kappa shape index (κ1) is 16.5. The molecule has 1 aromatic heterocycles. The third-order valence-electron chi connectivity index (χ3n) is 4.00. The van der Waals surface area contributed by atoms with Crippen molar-refractivity contribution < 1.29 is 14.3 Å². The van der Waals surface area contributed by atoms with Crippen LogP contribution in [-0.2, 0) is 11.2 Å². The molecule has 1 aliphatic rings. The first-order chi connectivity index (χ1) is 12.7. The van der Waals surface area contributed by atoms with Crippen LogP contribution in [0.1, 0.15) is 17.5 Å². The SMILES string of the molecule is C[C@H]1Oc2ccccc2O[C@H]1C(=O)Nc1nnc(Cc2ccccc2)s1. The molecule has 3 aromatic rings. The summed E-state index contributed by atoms with van der Waals surface area (Å²) in [5, 5.41) is 12.3. The number of anilines is 1. The molecule has 6 nitrogen and oxygen atoms in total. The Morgan fingerprint density at radius 3 is 2.50 bits per heavy atom. The maximum absolute atomic E-state index is 12.6. The van der Waals surface area contributed by atoms with Gasteiger partial charge in [0.25, 0.3) is 5.91 Å². The van der Waals surface area contributed by atoms with Crippen LogP contribution in [0.2, 0.25) is 0 Å². The summed E-state index contributed by atoms with van der Waals surface area (Å²) in [6.45, 7) is 1.81. The first-order valence-corrected chi connectivity index (χ1v) is 9.10. The topological polar surface area (TPSA) is 73.3 Å². The standard InChI is InChI=1S/C19H17N3O3S/c1-12-17(25-15-10-6-5-9-14(15)24-12)18(23)20-19-22-21-16(26-19)11-13-7-3-2-4-8-13/h2-10,12,17H,11H2,1H3,(H,20,22,23)/t12-,17-/m1/s1. The fourth-order valence-electron chi connectivity index (χ4n) is 2.73. The molecule has 132 valence electrons. The molecule has 0 fully saturated rings. The molecular weight excluding hydrogens is 350 g/mol. The number of nitrogens with zero attached hydrogens (tertiary/aromatic N) is 2. The second-order valence-corrected chi connectivity index (χ2v) is 7.02. The fraction of sp³-hybridized carbons (Fsp3) is 0.211. The van der Waals surface area contributed by atoms with E-state index in [0.29, 0.717) is 23.1 Å². The van der Waals surface area contributed by atoms with Crippen molar-refractivity contribution in [3.05, 3.63) is 65.2 Å². The molecule has 26 heavy (non-hydrogen) atoms. The Balaban J connectivity index is 1.42. The highest BCUT2D eigenvalue weighted by Gasteiger charge is 2.34. The van der Waals surface area contributed by atoms with Crippen molar-refractivity contribution in [2.75, 3.05) is 5.32 Å². The normalized spacial score (nSPS) is 18.3. The third kappa shape index (κ3) is 3.52. The molecule has 2 aromatic carbocycles. The molecule has 7 heteroatoms. The minimum atomic E-state index is -0.744. The molecule has 0 saturated heterocycles. The number of aromatic nitrogens is 2. The molecule has 1 N–H and O–H groups in total. The zero-order chi connectivity index (χ0) is 17.9. The van der Waals surface area contributed by atoms with Crippen LogP contribution in [-0.4, -0.2) is 28.3 Å². The van der Waals surface area contributed by atoms with E-state index in [1.807, 2.05) is 48.5 Å². The van der Waals surface area contributed by atoms with Gasteiger partial charge in [-0.05, 0) is 24.6 Å². The summed E-state index contributed by atoms with van der Waals surface area (Å²) < 4.78 is 11.6.